The van der Waals surface area contributed by atoms with Crippen molar-refractivity contribution in [3.8, 4) is 6.19 Å². The quantitative estimate of drug-likeness (QED) is 0.0612. The number of nitriles is 1. The molecule has 3 heterocycles. The standard InChI is InChI=1S/C29H27N9OS/c30-19-35-29(33-11-4-14-38-15-13-31-20-38)37-23-6-3-5-22(17-23)36-28(39)27-26(10-16-40-27)34-18-21-9-12-32-25-8-2-1-7-24(21)25/h1-3,5-10,12-13,15-17,20,34H,4,11,14,18H2,(H,36,39)(H2,33,35,37). The van der Waals surface area contributed by atoms with E-state index in [4.69, 9.17) is 5.26 Å². The third-order valence-corrected chi connectivity index (χ3v) is 6.95. The Balaban J connectivity index is 1.20. The number of imidazole rings is 1. The molecule has 200 valence electrons. The van der Waals surface area contributed by atoms with Crippen molar-refractivity contribution in [3.05, 3.63) is 101 Å². The van der Waals surface area contributed by atoms with Crippen LogP contribution in [0.2, 0.25) is 0 Å². The van der Waals surface area contributed by atoms with E-state index < -0.39 is 0 Å². The minimum atomic E-state index is -0.210. The van der Waals surface area contributed by atoms with Crippen LogP contribution in [0.1, 0.15) is 21.7 Å². The molecule has 1 amide bonds. The van der Waals surface area contributed by atoms with Gasteiger partial charge in [-0.1, -0.05) is 24.3 Å². The molecule has 0 bridgehead atoms. The molecule has 0 aliphatic carbocycles. The second kappa shape index (κ2) is 13.0. The average molecular weight is 550 g/mol. The molecule has 10 nitrogen and oxygen atoms in total. The summed E-state index contributed by atoms with van der Waals surface area (Å²) in [5.41, 5.74) is 4.10. The average Bonchev–Trinajstić information content (AvgIpc) is 3.67. The fraction of sp³-hybridized carbons (Fsp3) is 0.138. The molecule has 11 heteroatoms. The highest BCUT2D eigenvalue weighted by molar-refractivity contribution is 7.12. The number of amides is 1. The second-order valence-corrected chi connectivity index (χ2v) is 9.70. The van der Waals surface area contributed by atoms with Gasteiger partial charge in [0.15, 0.2) is 6.19 Å². The van der Waals surface area contributed by atoms with E-state index >= 15 is 0 Å². The predicted molar refractivity (Wildman–Crippen MR) is 159 cm³/mol. The number of benzene rings is 2. The third kappa shape index (κ3) is 6.80. The maximum Gasteiger partial charge on any atom is 0.267 e. The molecule has 0 spiro atoms. The number of aryl methyl sites for hydroxylation is 1. The monoisotopic (exact) mass is 549 g/mol. The largest absolute Gasteiger partial charge is 0.380 e. The third-order valence-electron chi connectivity index (χ3n) is 6.04. The number of anilines is 3. The highest BCUT2D eigenvalue weighted by atomic mass is 32.1. The van der Waals surface area contributed by atoms with E-state index in [2.05, 4.69) is 36.2 Å². The van der Waals surface area contributed by atoms with Gasteiger partial charge in [0, 0.05) is 55.0 Å². The molecule has 5 rings (SSSR count). The highest BCUT2D eigenvalue weighted by Crippen LogP contribution is 2.26. The van der Waals surface area contributed by atoms with Gasteiger partial charge >= 0.3 is 0 Å². The van der Waals surface area contributed by atoms with Crippen LogP contribution in [0.25, 0.3) is 10.9 Å². The normalized spacial score (nSPS) is 11.1. The van der Waals surface area contributed by atoms with Gasteiger partial charge in [-0.05, 0) is 53.8 Å². The summed E-state index contributed by atoms with van der Waals surface area (Å²) in [5.74, 6) is 0.128. The minimum Gasteiger partial charge on any atom is -0.380 e. The molecule has 0 atom stereocenters. The lowest BCUT2D eigenvalue weighted by atomic mass is 10.1. The van der Waals surface area contributed by atoms with Crippen LogP contribution in [0.5, 0.6) is 0 Å². The molecule has 0 unspecified atom stereocenters. The lowest BCUT2D eigenvalue weighted by Crippen LogP contribution is -2.27. The van der Waals surface area contributed by atoms with Gasteiger partial charge in [-0.25, -0.2) is 4.98 Å². The number of hydrogen-bond acceptors (Lipinski definition) is 7. The van der Waals surface area contributed by atoms with Crippen molar-refractivity contribution >= 4 is 51.2 Å². The Labute approximate surface area is 235 Å². The van der Waals surface area contributed by atoms with E-state index in [0.29, 0.717) is 35.3 Å². The molecule has 4 N–H and O–H groups in total. The van der Waals surface area contributed by atoms with Crippen LogP contribution in [0.3, 0.4) is 0 Å². The zero-order valence-corrected chi connectivity index (χ0v) is 22.4. The fourth-order valence-corrected chi connectivity index (χ4v) is 4.92. The number of guanidine groups is 1. The molecule has 2 aromatic carbocycles. The topological polar surface area (TPSA) is 132 Å². The number of nitrogens with one attached hydrogen (secondary N) is 4. The highest BCUT2D eigenvalue weighted by Gasteiger charge is 2.14. The van der Waals surface area contributed by atoms with Gasteiger partial charge in [-0.15, -0.1) is 11.3 Å². The molecular formula is C29H27N9OS. The molecule has 0 fully saturated rings. The number of nitrogens with zero attached hydrogens (tertiary/aromatic N) is 5. The van der Waals surface area contributed by atoms with Gasteiger partial charge in [0.2, 0.25) is 5.96 Å². The van der Waals surface area contributed by atoms with Crippen molar-refractivity contribution in [3.63, 3.8) is 0 Å². The van der Waals surface area contributed by atoms with Gasteiger partial charge in [-0.3, -0.25) is 20.1 Å². The number of pyridine rings is 1. The summed E-state index contributed by atoms with van der Waals surface area (Å²) in [4.78, 5) is 26.7. The second-order valence-electron chi connectivity index (χ2n) is 8.79. The Hall–Kier alpha value is -5.21. The van der Waals surface area contributed by atoms with E-state index in [-0.39, 0.29) is 5.91 Å². The molecule has 0 radical (unpaired) electrons. The Morgan fingerprint density at radius 3 is 2.77 bits per heavy atom. The van der Waals surface area contributed by atoms with Crippen molar-refractivity contribution in [1.29, 1.82) is 5.26 Å². The first-order valence-electron chi connectivity index (χ1n) is 12.7. The molecule has 40 heavy (non-hydrogen) atoms. The van der Waals surface area contributed by atoms with E-state index in [9.17, 15) is 4.79 Å². The van der Waals surface area contributed by atoms with Gasteiger partial charge in [0.25, 0.3) is 5.91 Å². The van der Waals surface area contributed by atoms with Crippen molar-refractivity contribution in [2.24, 2.45) is 4.99 Å². The fourth-order valence-electron chi connectivity index (χ4n) is 4.15. The number of fused-ring (bicyclic) bond motifs is 1. The lowest BCUT2D eigenvalue weighted by molar-refractivity contribution is 0.103. The molecule has 5 aromatic rings. The summed E-state index contributed by atoms with van der Waals surface area (Å²) in [7, 11) is 0. The van der Waals surface area contributed by atoms with Crippen LogP contribution in [0, 0.1) is 11.5 Å². The number of carbonyl (C=O) groups excluding carboxylic acids is 1. The summed E-state index contributed by atoms with van der Waals surface area (Å²) in [6.07, 6.45) is 9.89. The van der Waals surface area contributed by atoms with Crippen LogP contribution < -0.4 is 21.3 Å². The predicted octanol–water partition coefficient (Wildman–Crippen LogP) is 5.29. The van der Waals surface area contributed by atoms with Crippen molar-refractivity contribution in [1.82, 2.24) is 19.9 Å². The first kappa shape index (κ1) is 26.4. The molecule has 0 aliphatic heterocycles. The molecule has 3 aromatic heterocycles. The summed E-state index contributed by atoms with van der Waals surface area (Å²) in [5, 5.41) is 24.2. The molecule has 0 saturated heterocycles. The number of rotatable bonds is 10. The lowest BCUT2D eigenvalue weighted by Gasteiger charge is -2.12. The van der Waals surface area contributed by atoms with Gasteiger partial charge in [0.1, 0.15) is 4.88 Å². The van der Waals surface area contributed by atoms with E-state index in [0.717, 1.165) is 35.1 Å². The minimum absolute atomic E-state index is 0.210. The number of para-hydroxylation sites is 1. The number of aliphatic imine (C=N–C) groups is 1. The Morgan fingerprint density at radius 1 is 1.05 bits per heavy atom. The smallest absolute Gasteiger partial charge is 0.267 e. The van der Waals surface area contributed by atoms with Crippen LogP contribution in [-0.4, -0.2) is 32.9 Å². The van der Waals surface area contributed by atoms with Crippen LogP contribution in [0.4, 0.5) is 17.1 Å². The van der Waals surface area contributed by atoms with Crippen molar-refractivity contribution < 1.29 is 4.79 Å². The number of carbonyl (C=O) groups is 1. The van der Waals surface area contributed by atoms with Gasteiger partial charge in [-0.2, -0.15) is 5.26 Å². The number of aromatic nitrogens is 3. The van der Waals surface area contributed by atoms with E-state index in [1.807, 2.05) is 76.9 Å². The first-order chi connectivity index (χ1) is 19.7. The number of hydrogen-bond donors (Lipinski definition) is 4. The van der Waals surface area contributed by atoms with Gasteiger partial charge < -0.3 is 20.5 Å². The zero-order valence-electron chi connectivity index (χ0n) is 21.5. The maximum atomic E-state index is 13.2. The van der Waals surface area contributed by atoms with Crippen molar-refractivity contribution in [2.75, 3.05) is 22.5 Å². The van der Waals surface area contributed by atoms with E-state index in [1.54, 1.807) is 24.8 Å². The Kier molecular flexibility index (Phi) is 8.60. The first-order valence-corrected chi connectivity index (χ1v) is 13.6. The number of thiophene rings is 1. The zero-order chi connectivity index (χ0) is 27.6. The molecular weight excluding hydrogens is 522 g/mol. The van der Waals surface area contributed by atoms with Crippen molar-refractivity contribution in [2.45, 2.75) is 19.5 Å². The summed E-state index contributed by atoms with van der Waals surface area (Å²) < 4.78 is 1.97. The molecule has 0 saturated carbocycles. The summed E-state index contributed by atoms with van der Waals surface area (Å²) >= 11 is 1.37. The Morgan fingerprint density at radius 2 is 1.93 bits per heavy atom. The maximum absolute atomic E-state index is 13.2. The Bertz CT molecular complexity index is 1650. The summed E-state index contributed by atoms with van der Waals surface area (Å²) in [6, 6.07) is 19.2. The van der Waals surface area contributed by atoms with Crippen LogP contribution >= 0.6 is 11.3 Å². The van der Waals surface area contributed by atoms with Gasteiger partial charge in [0.05, 0.1) is 17.5 Å². The van der Waals surface area contributed by atoms with Crippen LogP contribution in [0.15, 0.2) is 96.0 Å². The van der Waals surface area contributed by atoms with Crippen LogP contribution in [-0.2, 0) is 13.1 Å². The van der Waals surface area contributed by atoms with E-state index in [1.165, 1.54) is 11.3 Å². The SMILES string of the molecule is N#CNC(=NCCCn1ccnc1)Nc1cccc(NC(=O)c2sccc2NCc2ccnc3ccccc23)c1. The molecule has 0 aliphatic rings. The summed E-state index contributed by atoms with van der Waals surface area (Å²) in [6.45, 7) is 1.87.